The highest BCUT2D eigenvalue weighted by atomic mass is 16.5. The molecular formula is C19H37NO4. The number of carboxylic acids is 1. The molecule has 5 heteroatoms. The topological polar surface area (TPSA) is 75.6 Å². The molecule has 0 saturated carbocycles. The summed E-state index contributed by atoms with van der Waals surface area (Å²) < 4.78 is 5.02. The van der Waals surface area contributed by atoms with Gasteiger partial charge < -0.3 is 15.2 Å². The lowest BCUT2D eigenvalue weighted by Gasteiger charge is -2.20. The molecule has 0 heterocycles. The van der Waals surface area contributed by atoms with Crippen molar-refractivity contribution in [3.63, 3.8) is 0 Å². The summed E-state index contributed by atoms with van der Waals surface area (Å²) in [7, 11) is 1.74. The number of carbonyl (C=O) groups is 2. The number of aliphatic carboxylic acids is 1. The van der Waals surface area contributed by atoms with Gasteiger partial charge in [0, 0.05) is 20.1 Å². The first kappa shape index (κ1) is 22.9. The monoisotopic (exact) mass is 343 g/mol. The Morgan fingerprint density at radius 2 is 1.46 bits per heavy atom. The van der Waals surface area contributed by atoms with Gasteiger partial charge in [0.2, 0.25) is 5.91 Å². The highest BCUT2D eigenvalue weighted by Crippen LogP contribution is 2.12. The first-order valence-corrected chi connectivity index (χ1v) is 9.54. The average Bonchev–Trinajstić information content (AvgIpc) is 2.56. The molecule has 2 N–H and O–H groups in total. The minimum Gasteiger partial charge on any atom is -0.480 e. The Morgan fingerprint density at radius 1 is 0.958 bits per heavy atom. The van der Waals surface area contributed by atoms with E-state index in [1.807, 2.05) is 13.8 Å². The number of unbranched alkanes of at least 4 members (excludes halogenated alkanes) is 8. The first-order valence-electron chi connectivity index (χ1n) is 9.54. The summed E-state index contributed by atoms with van der Waals surface area (Å²) >= 11 is 0. The average molecular weight is 344 g/mol. The molecule has 0 unspecified atom stereocenters. The summed E-state index contributed by atoms with van der Waals surface area (Å²) in [6.45, 7) is 4.65. The number of carboxylic acid groups (broad SMARTS) is 1. The number of hydrogen-bond donors (Lipinski definition) is 2. The minimum atomic E-state index is -0.941. The van der Waals surface area contributed by atoms with E-state index in [4.69, 9.17) is 9.84 Å². The molecule has 0 aliphatic rings. The Morgan fingerprint density at radius 3 is 1.92 bits per heavy atom. The van der Waals surface area contributed by atoms with Crippen LogP contribution < -0.4 is 5.32 Å². The van der Waals surface area contributed by atoms with E-state index in [-0.39, 0.29) is 11.8 Å². The second-order valence-electron chi connectivity index (χ2n) is 6.69. The molecule has 0 aromatic heterocycles. The molecule has 0 radical (unpaired) electrons. The molecule has 1 amide bonds. The van der Waals surface area contributed by atoms with Crippen molar-refractivity contribution < 1.29 is 19.4 Å². The van der Waals surface area contributed by atoms with Crippen LogP contribution in [-0.4, -0.2) is 36.7 Å². The van der Waals surface area contributed by atoms with Crippen LogP contribution >= 0.6 is 0 Å². The van der Waals surface area contributed by atoms with Crippen molar-refractivity contribution in [3.05, 3.63) is 0 Å². The maximum atomic E-state index is 11.9. The molecule has 0 aliphatic heterocycles. The number of hydrogen-bond acceptors (Lipinski definition) is 3. The zero-order chi connectivity index (χ0) is 18.2. The number of nitrogens with one attached hydrogen (secondary N) is 1. The Balaban J connectivity index is 3.56. The van der Waals surface area contributed by atoms with Gasteiger partial charge in [-0.3, -0.25) is 4.79 Å². The van der Waals surface area contributed by atoms with Crippen molar-refractivity contribution >= 4 is 11.9 Å². The molecule has 0 rings (SSSR count). The summed E-state index contributed by atoms with van der Waals surface area (Å²) in [4.78, 5) is 23.0. The van der Waals surface area contributed by atoms with Crippen LogP contribution in [0.15, 0.2) is 0 Å². The van der Waals surface area contributed by atoms with Crippen molar-refractivity contribution in [1.82, 2.24) is 5.32 Å². The van der Waals surface area contributed by atoms with E-state index >= 15 is 0 Å². The fourth-order valence-electron chi connectivity index (χ4n) is 2.70. The van der Waals surface area contributed by atoms with E-state index in [0.29, 0.717) is 6.42 Å². The maximum Gasteiger partial charge on any atom is 0.326 e. The molecule has 0 aromatic carbocycles. The Hall–Kier alpha value is -1.10. The standard InChI is InChI=1S/C19H37NO4/c1-4-16(2)18(19(22)23)20-17(21)14-12-10-8-6-5-7-9-11-13-15-24-3/h16,18H,4-15H2,1-3H3,(H,20,21)(H,22,23)/t16-,18-/m0/s1. The lowest BCUT2D eigenvalue weighted by Crippen LogP contribution is -2.44. The largest absolute Gasteiger partial charge is 0.480 e. The number of methoxy groups -OCH3 is 1. The second-order valence-corrected chi connectivity index (χ2v) is 6.69. The van der Waals surface area contributed by atoms with Crippen molar-refractivity contribution in [1.29, 1.82) is 0 Å². The zero-order valence-electron chi connectivity index (χ0n) is 15.8. The first-order chi connectivity index (χ1) is 11.5. The second kappa shape index (κ2) is 15.4. The van der Waals surface area contributed by atoms with Gasteiger partial charge in [-0.25, -0.2) is 4.79 Å². The van der Waals surface area contributed by atoms with Crippen LogP contribution in [0.25, 0.3) is 0 Å². The van der Waals surface area contributed by atoms with Crippen LogP contribution in [0.4, 0.5) is 0 Å². The predicted molar refractivity (Wildman–Crippen MR) is 97.1 cm³/mol. The van der Waals surface area contributed by atoms with Crippen LogP contribution in [0.2, 0.25) is 0 Å². The minimum absolute atomic E-state index is 0.0460. The smallest absolute Gasteiger partial charge is 0.326 e. The Bertz CT molecular complexity index is 333. The van der Waals surface area contributed by atoms with Crippen molar-refractivity contribution in [3.8, 4) is 0 Å². The highest BCUT2D eigenvalue weighted by Gasteiger charge is 2.24. The number of ether oxygens (including phenoxy) is 1. The molecule has 142 valence electrons. The zero-order valence-corrected chi connectivity index (χ0v) is 15.8. The molecule has 0 fully saturated rings. The van der Waals surface area contributed by atoms with E-state index in [2.05, 4.69) is 5.32 Å². The lowest BCUT2D eigenvalue weighted by molar-refractivity contribution is -0.143. The Kier molecular flexibility index (Phi) is 14.7. The number of rotatable bonds is 16. The third kappa shape index (κ3) is 12.3. The SMILES string of the molecule is CC[C@H](C)[C@H](NC(=O)CCCCCCCCCCCOC)C(=O)O. The highest BCUT2D eigenvalue weighted by molar-refractivity contribution is 5.83. The number of carbonyl (C=O) groups excluding carboxylic acids is 1. The summed E-state index contributed by atoms with van der Waals surface area (Å²) in [5, 5.41) is 11.8. The maximum absolute atomic E-state index is 11.9. The summed E-state index contributed by atoms with van der Waals surface area (Å²) in [6.07, 6.45) is 11.6. The van der Waals surface area contributed by atoms with Crippen molar-refractivity contribution in [2.24, 2.45) is 5.92 Å². The van der Waals surface area contributed by atoms with E-state index in [1.54, 1.807) is 7.11 Å². The van der Waals surface area contributed by atoms with Gasteiger partial charge in [0.15, 0.2) is 0 Å². The third-order valence-electron chi connectivity index (χ3n) is 4.55. The Labute approximate surface area is 147 Å². The molecule has 24 heavy (non-hydrogen) atoms. The van der Waals surface area contributed by atoms with Gasteiger partial charge in [0.1, 0.15) is 6.04 Å². The molecule has 2 atom stereocenters. The van der Waals surface area contributed by atoms with Gasteiger partial charge in [-0.05, 0) is 18.8 Å². The van der Waals surface area contributed by atoms with Crippen LogP contribution in [-0.2, 0) is 14.3 Å². The molecule has 0 spiro atoms. The van der Waals surface area contributed by atoms with Gasteiger partial charge in [-0.15, -0.1) is 0 Å². The normalized spacial score (nSPS) is 13.5. The fourth-order valence-corrected chi connectivity index (χ4v) is 2.70. The van der Waals surface area contributed by atoms with Crippen molar-refractivity contribution in [2.45, 2.75) is 90.5 Å². The van der Waals surface area contributed by atoms with Crippen LogP contribution in [0.1, 0.15) is 84.5 Å². The van der Waals surface area contributed by atoms with Gasteiger partial charge in [-0.1, -0.05) is 65.2 Å². The van der Waals surface area contributed by atoms with E-state index in [1.165, 1.54) is 32.1 Å². The van der Waals surface area contributed by atoms with E-state index in [0.717, 1.165) is 38.7 Å². The van der Waals surface area contributed by atoms with Crippen molar-refractivity contribution in [2.75, 3.05) is 13.7 Å². The summed E-state index contributed by atoms with van der Waals surface area (Å²) in [5.74, 6) is -1.13. The molecule has 0 bridgehead atoms. The van der Waals surface area contributed by atoms with Crippen LogP contribution in [0.5, 0.6) is 0 Å². The van der Waals surface area contributed by atoms with Crippen LogP contribution in [0, 0.1) is 5.92 Å². The molecule has 5 nitrogen and oxygen atoms in total. The summed E-state index contributed by atoms with van der Waals surface area (Å²) in [6, 6.07) is -0.763. The third-order valence-corrected chi connectivity index (χ3v) is 4.55. The van der Waals surface area contributed by atoms with Crippen LogP contribution in [0.3, 0.4) is 0 Å². The van der Waals surface area contributed by atoms with Gasteiger partial charge in [0.05, 0.1) is 0 Å². The van der Waals surface area contributed by atoms with E-state index < -0.39 is 12.0 Å². The van der Waals surface area contributed by atoms with Gasteiger partial charge in [0.25, 0.3) is 0 Å². The number of amides is 1. The van der Waals surface area contributed by atoms with Gasteiger partial charge >= 0.3 is 5.97 Å². The van der Waals surface area contributed by atoms with E-state index in [9.17, 15) is 9.59 Å². The quantitative estimate of drug-likeness (QED) is 0.413. The lowest BCUT2D eigenvalue weighted by atomic mass is 9.99. The predicted octanol–water partition coefficient (Wildman–Crippen LogP) is 4.15. The van der Waals surface area contributed by atoms with Gasteiger partial charge in [-0.2, -0.15) is 0 Å². The molecule has 0 aromatic rings. The summed E-state index contributed by atoms with van der Waals surface area (Å²) in [5.41, 5.74) is 0. The molecular weight excluding hydrogens is 306 g/mol. The fraction of sp³-hybridized carbons (Fsp3) is 0.895. The molecule has 0 saturated heterocycles. The molecule has 0 aliphatic carbocycles.